The molecule has 3 aromatic carbocycles. The third-order valence-electron chi connectivity index (χ3n) is 6.46. The fraction of sp³-hybridized carbons (Fsp3) is 0.406. The van der Waals surface area contributed by atoms with Gasteiger partial charge in [0.05, 0.1) is 12.3 Å². The quantitative estimate of drug-likeness (QED) is 0.175. The van der Waals surface area contributed by atoms with Crippen LogP contribution in [0, 0.1) is 0 Å². The van der Waals surface area contributed by atoms with Crippen molar-refractivity contribution in [3.8, 4) is 11.5 Å². The molecule has 0 saturated carbocycles. The molecule has 0 saturated heterocycles. The zero-order valence-electron chi connectivity index (χ0n) is 23.1. The van der Waals surface area contributed by atoms with Gasteiger partial charge in [-0.15, -0.1) is 0 Å². The van der Waals surface area contributed by atoms with E-state index in [4.69, 9.17) is 9.47 Å². The van der Waals surface area contributed by atoms with Crippen LogP contribution in [0.2, 0.25) is 0 Å². The molecule has 204 valence electrons. The van der Waals surface area contributed by atoms with Crippen molar-refractivity contribution in [1.29, 1.82) is 0 Å². The van der Waals surface area contributed by atoms with Gasteiger partial charge in [0.15, 0.2) is 0 Å². The summed E-state index contributed by atoms with van der Waals surface area (Å²) in [6.07, 6.45) is 6.40. The molecule has 3 N–H and O–H groups in total. The number of rotatable bonds is 16. The van der Waals surface area contributed by atoms with Crippen LogP contribution < -0.4 is 25.4 Å². The van der Waals surface area contributed by atoms with Gasteiger partial charge in [0.1, 0.15) is 18.1 Å². The minimum Gasteiger partial charge on any atom is -0.494 e. The fourth-order valence-electron chi connectivity index (χ4n) is 4.18. The number of hydrogen-bond acceptors (Lipinski definition) is 4. The second kappa shape index (κ2) is 16.4. The van der Waals surface area contributed by atoms with E-state index in [2.05, 4.69) is 60.1 Å². The number of hydrogen-bond donors (Lipinski definition) is 3. The standard InChI is InChI=1S/C32H43N3O3/c1-4-6-13-29(34-21-20-25-14-17-28(18-15-25)37-22-7-5-2)27-16-19-31(30(23-27)35-32(36)33-3)38-24-26-11-9-8-10-12-26/h8-12,14-19,23,29,34H,4-7,13,20-22,24H2,1-3H3,(H2,33,35,36). The third kappa shape index (κ3) is 9.75. The lowest BCUT2D eigenvalue weighted by Gasteiger charge is -2.21. The lowest BCUT2D eigenvalue weighted by Crippen LogP contribution is -2.26. The monoisotopic (exact) mass is 517 g/mol. The van der Waals surface area contributed by atoms with Gasteiger partial charge < -0.3 is 25.4 Å². The van der Waals surface area contributed by atoms with E-state index in [1.165, 1.54) is 5.56 Å². The number of unbranched alkanes of at least 4 members (excludes halogenated alkanes) is 2. The van der Waals surface area contributed by atoms with Crippen LogP contribution in [0.25, 0.3) is 0 Å². The van der Waals surface area contributed by atoms with Crippen molar-refractivity contribution in [3.63, 3.8) is 0 Å². The van der Waals surface area contributed by atoms with Crippen molar-refractivity contribution in [2.75, 3.05) is 25.5 Å². The van der Waals surface area contributed by atoms with Gasteiger partial charge in [0.25, 0.3) is 0 Å². The summed E-state index contributed by atoms with van der Waals surface area (Å²) in [6, 6.07) is 24.4. The first-order valence-electron chi connectivity index (χ1n) is 13.9. The van der Waals surface area contributed by atoms with Gasteiger partial charge >= 0.3 is 6.03 Å². The predicted octanol–water partition coefficient (Wildman–Crippen LogP) is 7.26. The highest BCUT2D eigenvalue weighted by atomic mass is 16.5. The lowest BCUT2D eigenvalue weighted by molar-refractivity contribution is 0.253. The van der Waals surface area contributed by atoms with Crippen LogP contribution in [0.1, 0.15) is 68.7 Å². The van der Waals surface area contributed by atoms with Crippen LogP contribution in [0.15, 0.2) is 72.8 Å². The molecule has 1 unspecified atom stereocenters. The molecule has 0 radical (unpaired) electrons. The number of urea groups is 1. The molecule has 3 rings (SSSR count). The summed E-state index contributed by atoms with van der Waals surface area (Å²) in [7, 11) is 1.61. The molecule has 6 heteroatoms. The molecule has 0 fully saturated rings. The van der Waals surface area contributed by atoms with E-state index in [0.29, 0.717) is 18.0 Å². The Bertz CT molecular complexity index is 1090. The van der Waals surface area contributed by atoms with Crippen molar-refractivity contribution in [2.24, 2.45) is 0 Å². The van der Waals surface area contributed by atoms with E-state index in [0.717, 1.165) is 68.6 Å². The molecular formula is C32H43N3O3. The zero-order valence-corrected chi connectivity index (χ0v) is 23.1. The molecule has 0 aliphatic heterocycles. The maximum absolute atomic E-state index is 12.2. The zero-order chi connectivity index (χ0) is 27.0. The molecule has 2 amide bonds. The number of anilines is 1. The molecule has 0 aliphatic rings. The number of ether oxygens (including phenoxy) is 2. The van der Waals surface area contributed by atoms with Crippen molar-refractivity contribution < 1.29 is 14.3 Å². The summed E-state index contributed by atoms with van der Waals surface area (Å²) in [6.45, 7) is 6.43. The molecule has 0 bridgehead atoms. The van der Waals surface area contributed by atoms with Gasteiger partial charge in [-0.3, -0.25) is 0 Å². The van der Waals surface area contributed by atoms with Gasteiger partial charge in [-0.1, -0.05) is 81.6 Å². The molecular weight excluding hydrogens is 474 g/mol. The van der Waals surface area contributed by atoms with Gasteiger partial charge in [0.2, 0.25) is 0 Å². The molecule has 0 spiro atoms. The first kappa shape index (κ1) is 29.1. The van der Waals surface area contributed by atoms with E-state index in [-0.39, 0.29) is 12.1 Å². The van der Waals surface area contributed by atoms with Gasteiger partial charge in [-0.25, -0.2) is 4.79 Å². The SMILES string of the molecule is CCCCOc1ccc(CCNC(CCCC)c2ccc(OCc3ccccc3)c(NC(=O)NC)c2)cc1. The average molecular weight is 518 g/mol. The highest BCUT2D eigenvalue weighted by Crippen LogP contribution is 2.31. The minimum atomic E-state index is -0.271. The van der Waals surface area contributed by atoms with Crippen molar-refractivity contribution in [1.82, 2.24) is 10.6 Å². The van der Waals surface area contributed by atoms with Crippen molar-refractivity contribution >= 4 is 11.7 Å². The molecule has 3 aromatic rings. The Morgan fingerprint density at radius 3 is 2.34 bits per heavy atom. The summed E-state index contributed by atoms with van der Waals surface area (Å²) in [5.74, 6) is 1.58. The molecule has 6 nitrogen and oxygen atoms in total. The van der Waals surface area contributed by atoms with Crippen LogP contribution >= 0.6 is 0 Å². The Labute approximate surface area is 228 Å². The second-order valence-corrected chi connectivity index (χ2v) is 9.48. The van der Waals surface area contributed by atoms with Crippen LogP contribution in [0.5, 0.6) is 11.5 Å². The first-order valence-corrected chi connectivity index (χ1v) is 13.9. The number of carbonyl (C=O) groups excluding carboxylic acids is 1. The Balaban J connectivity index is 1.67. The molecule has 0 aliphatic carbocycles. The van der Waals surface area contributed by atoms with Gasteiger partial charge in [-0.2, -0.15) is 0 Å². The molecule has 0 heterocycles. The minimum absolute atomic E-state index is 0.181. The molecule has 38 heavy (non-hydrogen) atoms. The number of nitrogens with one attached hydrogen (secondary N) is 3. The van der Waals surface area contributed by atoms with Crippen molar-refractivity contribution in [3.05, 3.63) is 89.5 Å². The Morgan fingerprint density at radius 2 is 1.63 bits per heavy atom. The number of amides is 2. The van der Waals surface area contributed by atoms with E-state index in [9.17, 15) is 4.79 Å². The van der Waals surface area contributed by atoms with Gasteiger partial charge in [-0.05, 0) is 66.8 Å². The van der Waals surface area contributed by atoms with Crippen LogP contribution in [-0.2, 0) is 13.0 Å². The highest BCUT2D eigenvalue weighted by molar-refractivity contribution is 5.90. The predicted molar refractivity (Wildman–Crippen MR) is 156 cm³/mol. The van der Waals surface area contributed by atoms with E-state index in [1.807, 2.05) is 42.5 Å². The van der Waals surface area contributed by atoms with E-state index >= 15 is 0 Å². The topological polar surface area (TPSA) is 71.6 Å². The Hall–Kier alpha value is -3.51. The fourth-order valence-corrected chi connectivity index (χ4v) is 4.18. The highest BCUT2D eigenvalue weighted by Gasteiger charge is 2.15. The van der Waals surface area contributed by atoms with Crippen LogP contribution in [0.3, 0.4) is 0 Å². The summed E-state index contributed by atoms with van der Waals surface area (Å²) in [5, 5.41) is 9.32. The smallest absolute Gasteiger partial charge is 0.319 e. The largest absolute Gasteiger partial charge is 0.494 e. The van der Waals surface area contributed by atoms with Crippen LogP contribution in [-0.4, -0.2) is 26.2 Å². The lowest BCUT2D eigenvalue weighted by atomic mass is 9.99. The molecule has 0 aromatic heterocycles. The number of benzene rings is 3. The second-order valence-electron chi connectivity index (χ2n) is 9.48. The van der Waals surface area contributed by atoms with E-state index in [1.54, 1.807) is 7.05 Å². The van der Waals surface area contributed by atoms with Crippen LogP contribution in [0.4, 0.5) is 10.5 Å². The molecule has 1 atom stereocenters. The first-order chi connectivity index (χ1) is 18.6. The Kier molecular flexibility index (Phi) is 12.5. The maximum Gasteiger partial charge on any atom is 0.319 e. The van der Waals surface area contributed by atoms with Crippen molar-refractivity contribution in [2.45, 2.75) is 65.0 Å². The number of carbonyl (C=O) groups is 1. The maximum atomic E-state index is 12.2. The summed E-state index contributed by atoms with van der Waals surface area (Å²) in [5.41, 5.74) is 4.16. The normalized spacial score (nSPS) is 11.6. The summed E-state index contributed by atoms with van der Waals surface area (Å²) in [4.78, 5) is 12.2. The Morgan fingerprint density at radius 1 is 0.868 bits per heavy atom. The van der Waals surface area contributed by atoms with Gasteiger partial charge in [0, 0.05) is 13.1 Å². The third-order valence-corrected chi connectivity index (χ3v) is 6.46. The van der Waals surface area contributed by atoms with E-state index < -0.39 is 0 Å². The average Bonchev–Trinajstić information content (AvgIpc) is 2.95. The summed E-state index contributed by atoms with van der Waals surface area (Å²) >= 11 is 0. The summed E-state index contributed by atoms with van der Waals surface area (Å²) < 4.78 is 11.9.